The van der Waals surface area contributed by atoms with Crippen molar-refractivity contribution < 1.29 is 72.2 Å². The molecule has 4 saturated heterocycles. The number of aliphatic hydroxyl groups is 2. The number of aliphatic hydroxyl groups excluding tert-OH is 2. The third kappa shape index (κ3) is 15.3. The molecule has 88 heavy (non-hydrogen) atoms. The minimum absolute atomic E-state index is 0.0429. The lowest BCUT2D eigenvalue weighted by atomic mass is 9.91. The van der Waals surface area contributed by atoms with Gasteiger partial charge in [-0.25, -0.2) is 14.6 Å². The van der Waals surface area contributed by atoms with Gasteiger partial charge < -0.3 is 63.9 Å². The van der Waals surface area contributed by atoms with Gasteiger partial charge in [-0.1, -0.05) is 12.1 Å². The lowest BCUT2D eigenvalue weighted by Gasteiger charge is -2.45. The third-order valence-electron chi connectivity index (χ3n) is 16.9. The largest absolute Gasteiger partial charge is 0.508 e. The number of oxazole rings is 1. The standard InChI is InChI=1S/C35H42N4O8.C31H39N3O7/c1-35(2,3)47-34(43)38-17-25-13-28(45-20-29-15-36-21-46-29)12-11-24(25)14-30(38)31(40)16-37-32(41)22-7-9-23(10-8-22)33(42)39-26-5-4-6-27(39)19-44-18-26;1-31(2,3)41-30(39)33-16-22-13-25(35)12-11-21(22)14-26(33)27(36)15-32-28(37)19-7-9-20(10-8-19)29(38)34-23-5-4-6-24(34)18-40-17-23/h7-13,15,21,26-27,30-31,40H,4-6,14,16-20H2,1-3H3,(H,37,41);7-13,23-24,26-27,35-36H,4-6,14-18H2,1-3H3,(H,32,37)/t26-,27+,30-,31+;23?,24?,26-,27+/m00/s1. The second kappa shape index (κ2) is 27.1. The van der Waals surface area contributed by atoms with Crippen LogP contribution in [-0.2, 0) is 51.5 Å². The number of morpholine rings is 2. The fourth-order valence-corrected chi connectivity index (χ4v) is 12.5. The van der Waals surface area contributed by atoms with E-state index in [9.17, 15) is 44.1 Å². The number of aromatic nitrogens is 1. The predicted molar refractivity (Wildman–Crippen MR) is 320 cm³/mol. The van der Waals surface area contributed by atoms with Gasteiger partial charge in [0.25, 0.3) is 23.6 Å². The van der Waals surface area contributed by atoms with Crippen molar-refractivity contribution in [3.05, 3.63) is 148 Å². The molecule has 4 bridgehead atoms. The molecular weight excluding hydrogens is 1130 g/mol. The smallest absolute Gasteiger partial charge is 0.410 e. The van der Waals surface area contributed by atoms with E-state index in [0.717, 1.165) is 60.8 Å². The van der Waals surface area contributed by atoms with E-state index in [4.69, 9.17) is 28.1 Å². The molecule has 11 rings (SSSR count). The number of nitrogens with zero attached hydrogens (tertiary/aromatic N) is 5. The summed E-state index contributed by atoms with van der Waals surface area (Å²) in [6.07, 6.45) is 6.26. The first-order valence-corrected chi connectivity index (χ1v) is 30.4. The molecule has 4 aromatic carbocycles. The molecule has 6 aliphatic heterocycles. The summed E-state index contributed by atoms with van der Waals surface area (Å²) < 4.78 is 33.7. The number of piperidine rings is 2. The molecule has 5 N–H and O–H groups in total. The number of hydrogen-bond donors (Lipinski definition) is 5. The SMILES string of the molecule is CC(C)(C)OC(=O)N1Cc2cc(O)ccc2C[C@H]1[C@H](O)CNC(=O)c1ccc(C(=O)N2C3CCCC2COC3)cc1.CC(C)(C)OC(=O)N1Cc2cc(OCc3cnco3)ccc2C[C@H]1[C@H](O)CNC(=O)c1ccc(C(=O)N2[C@@H]3CCC[C@H]2COC3)cc1. The van der Waals surface area contributed by atoms with Crippen LogP contribution in [0.5, 0.6) is 11.5 Å². The maximum Gasteiger partial charge on any atom is 0.410 e. The highest BCUT2D eigenvalue weighted by Gasteiger charge is 2.42. The highest BCUT2D eigenvalue weighted by atomic mass is 16.6. The van der Waals surface area contributed by atoms with Crippen molar-refractivity contribution in [3.8, 4) is 11.5 Å². The van der Waals surface area contributed by atoms with Crippen molar-refractivity contribution in [1.29, 1.82) is 0 Å². The normalized spacial score (nSPS) is 22.1. The van der Waals surface area contributed by atoms with E-state index >= 15 is 0 Å². The van der Waals surface area contributed by atoms with Crippen molar-refractivity contribution in [3.63, 3.8) is 0 Å². The van der Waals surface area contributed by atoms with E-state index in [2.05, 4.69) is 15.6 Å². The Balaban J connectivity index is 0.000000196. The Labute approximate surface area is 512 Å². The van der Waals surface area contributed by atoms with E-state index < -0.39 is 53.6 Å². The number of ether oxygens (including phenoxy) is 5. The summed E-state index contributed by atoms with van der Waals surface area (Å²) in [6.45, 7) is 13.3. The summed E-state index contributed by atoms with van der Waals surface area (Å²) >= 11 is 0. The summed E-state index contributed by atoms with van der Waals surface area (Å²) in [5.74, 6) is 0.423. The zero-order chi connectivity index (χ0) is 62.4. The van der Waals surface area contributed by atoms with Crippen molar-refractivity contribution in [1.82, 2.24) is 35.2 Å². The molecule has 22 nitrogen and oxygen atoms in total. The lowest BCUT2D eigenvalue weighted by Crippen LogP contribution is -2.57. The minimum Gasteiger partial charge on any atom is -0.508 e. The number of benzene rings is 4. The number of phenolic OH excluding ortho intramolecular Hbond substituents is 1. The van der Waals surface area contributed by atoms with Crippen LogP contribution in [0.1, 0.15) is 150 Å². The first-order chi connectivity index (χ1) is 42.0. The van der Waals surface area contributed by atoms with Crippen LogP contribution in [0.2, 0.25) is 0 Å². The van der Waals surface area contributed by atoms with Crippen LogP contribution in [0, 0.1) is 0 Å². The van der Waals surface area contributed by atoms with Gasteiger partial charge in [0.1, 0.15) is 29.3 Å². The number of hydrogen-bond acceptors (Lipinski definition) is 16. The first-order valence-electron chi connectivity index (χ1n) is 30.4. The molecule has 6 aliphatic rings. The van der Waals surface area contributed by atoms with Crippen LogP contribution in [0.4, 0.5) is 9.59 Å². The van der Waals surface area contributed by atoms with Crippen LogP contribution < -0.4 is 15.4 Å². The Hall–Kier alpha value is -8.05. The molecule has 22 heteroatoms. The number of nitrogens with one attached hydrogen (secondary N) is 2. The number of carbonyl (C=O) groups is 6. The number of amides is 6. The molecule has 6 amide bonds. The Bertz CT molecular complexity index is 3250. The van der Waals surface area contributed by atoms with E-state index in [1.807, 2.05) is 28.0 Å². The number of fused-ring (bicyclic) bond motifs is 6. The summed E-state index contributed by atoms with van der Waals surface area (Å²) in [6, 6.07) is 22.8. The Morgan fingerprint density at radius 3 is 1.42 bits per heavy atom. The van der Waals surface area contributed by atoms with Crippen molar-refractivity contribution in [2.75, 3.05) is 39.5 Å². The van der Waals surface area contributed by atoms with Crippen molar-refractivity contribution in [2.45, 2.75) is 172 Å². The fourth-order valence-electron chi connectivity index (χ4n) is 12.5. The second-order valence-electron chi connectivity index (χ2n) is 25.6. The molecule has 8 atom stereocenters. The van der Waals surface area contributed by atoms with Crippen LogP contribution in [-0.4, -0.2) is 175 Å². The van der Waals surface area contributed by atoms with E-state index in [1.165, 1.54) is 16.2 Å². The number of rotatable bonds is 13. The van der Waals surface area contributed by atoms with E-state index in [-0.39, 0.29) is 80.4 Å². The number of aromatic hydroxyl groups is 1. The summed E-state index contributed by atoms with van der Waals surface area (Å²) in [4.78, 5) is 89.8. The van der Waals surface area contributed by atoms with Crippen LogP contribution in [0.25, 0.3) is 0 Å². The summed E-state index contributed by atoms with van der Waals surface area (Å²) in [5, 5.41) is 37.9. The molecule has 5 aromatic rings. The fraction of sp³-hybridized carbons (Fsp3) is 0.500. The highest BCUT2D eigenvalue weighted by Crippen LogP contribution is 2.34. The maximum absolute atomic E-state index is 13.3. The van der Waals surface area contributed by atoms with Gasteiger partial charge in [0.15, 0.2) is 12.2 Å². The molecule has 4 fully saturated rings. The van der Waals surface area contributed by atoms with Crippen molar-refractivity contribution in [2.24, 2.45) is 0 Å². The maximum atomic E-state index is 13.3. The Morgan fingerprint density at radius 1 is 0.580 bits per heavy atom. The topological polar surface area (TPSA) is 272 Å². The monoisotopic (exact) mass is 1210 g/mol. The zero-order valence-electron chi connectivity index (χ0n) is 50.9. The van der Waals surface area contributed by atoms with Crippen LogP contribution in [0.3, 0.4) is 0 Å². The molecular formula is C66H81N7O15. The molecule has 0 aliphatic carbocycles. The average Bonchev–Trinajstić information content (AvgIpc) is 3.15. The van der Waals surface area contributed by atoms with Gasteiger partial charge in [-0.2, -0.15) is 0 Å². The van der Waals surface area contributed by atoms with E-state index in [0.29, 0.717) is 73.0 Å². The van der Waals surface area contributed by atoms with Gasteiger partial charge in [-0.3, -0.25) is 29.0 Å². The van der Waals surface area contributed by atoms with Gasteiger partial charge in [-0.05, 0) is 188 Å². The second-order valence-corrected chi connectivity index (χ2v) is 25.6. The number of carbonyl (C=O) groups excluding carboxylic acids is 6. The zero-order valence-corrected chi connectivity index (χ0v) is 50.9. The minimum atomic E-state index is -1.08. The summed E-state index contributed by atoms with van der Waals surface area (Å²) in [7, 11) is 0. The van der Waals surface area contributed by atoms with Crippen LogP contribution in [0.15, 0.2) is 102 Å². The van der Waals surface area contributed by atoms with Crippen molar-refractivity contribution >= 4 is 35.8 Å². The average molecular weight is 1210 g/mol. The molecule has 0 spiro atoms. The quantitative estimate of drug-likeness (QED) is 0.0771. The Morgan fingerprint density at radius 2 is 1.00 bits per heavy atom. The predicted octanol–water partition coefficient (Wildman–Crippen LogP) is 7.34. The molecule has 0 radical (unpaired) electrons. The van der Waals surface area contributed by atoms with Gasteiger partial charge in [0, 0.05) is 48.4 Å². The third-order valence-corrected chi connectivity index (χ3v) is 16.9. The van der Waals surface area contributed by atoms with Gasteiger partial charge in [-0.15, -0.1) is 0 Å². The van der Waals surface area contributed by atoms with Gasteiger partial charge >= 0.3 is 12.2 Å². The number of phenols is 1. The Kier molecular flexibility index (Phi) is 19.4. The van der Waals surface area contributed by atoms with Gasteiger partial charge in [0.05, 0.1) is 81.1 Å². The molecule has 2 unspecified atom stereocenters. The summed E-state index contributed by atoms with van der Waals surface area (Å²) in [5.41, 5.74) is 3.83. The van der Waals surface area contributed by atoms with Crippen LogP contribution >= 0.6 is 0 Å². The molecule has 1 aromatic heterocycles. The molecule has 7 heterocycles. The lowest BCUT2D eigenvalue weighted by molar-refractivity contribution is -0.0566. The highest BCUT2D eigenvalue weighted by molar-refractivity contribution is 5.99. The van der Waals surface area contributed by atoms with Gasteiger partial charge in [0.2, 0.25) is 0 Å². The molecule has 470 valence electrons. The first kappa shape index (κ1) is 63.0. The molecule has 0 saturated carbocycles. The van der Waals surface area contributed by atoms with E-state index in [1.54, 1.807) is 114 Å².